The summed E-state index contributed by atoms with van der Waals surface area (Å²) in [5.41, 5.74) is 1.38. The van der Waals surface area contributed by atoms with Crippen molar-refractivity contribution in [3.63, 3.8) is 0 Å². The van der Waals surface area contributed by atoms with E-state index in [0.717, 1.165) is 63.5 Å². The molecule has 2 heterocycles. The molecule has 3 rings (SSSR count). The lowest BCUT2D eigenvalue weighted by Gasteiger charge is -2.18. The quantitative estimate of drug-likeness (QED) is 0.387. The first-order valence-electron chi connectivity index (χ1n) is 11.3. The third-order valence-electron chi connectivity index (χ3n) is 5.45. The third kappa shape index (κ3) is 6.87. The number of aromatic nitrogens is 3. The van der Waals surface area contributed by atoms with Crippen molar-refractivity contribution in [2.75, 3.05) is 13.1 Å². The highest BCUT2D eigenvalue weighted by molar-refractivity contribution is 5.80. The molecule has 158 valence electrons. The van der Waals surface area contributed by atoms with Gasteiger partial charge >= 0.3 is 0 Å². The van der Waals surface area contributed by atoms with Crippen LogP contribution in [0.5, 0.6) is 0 Å². The van der Waals surface area contributed by atoms with Gasteiger partial charge in [0.05, 0.1) is 0 Å². The molecule has 0 amide bonds. The summed E-state index contributed by atoms with van der Waals surface area (Å²) in [6.07, 6.45) is 8.95. The first-order valence-corrected chi connectivity index (χ1v) is 11.3. The van der Waals surface area contributed by atoms with Crippen molar-refractivity contribution in [3.05, 3.63) is 47.5 Å². The molecule has 1 aromatic carbocycles. The van der Waals surface area contributed by atoms with Gasteiger partial charge in [0.1, 0.15) is 11.6 Å². The molecule has 6 heteroatoms. The monoisotopic (exact) mass is 396 g/mol. The van der Waals surface area contributed by atoms with Gasteiger partial charge in [0.2, 0.25) is 0 Å². The number of aryl methyl sites for hydroxylation is 3. The fourth-order valence-electron chi connectivity index (χ4n) is 3.81. The molecule has 2 N–H and O–H groups in total. The van der Waals surface area contributed by atoms with Crippen LogP contribution in [0, 0.1) is 0 Å². The third-order valence-corrected chi connectivity index (χ3v) is 5.45. The van der Waals surface area contributed by atoms with Gasteiger partial charge < -0.3 is 15.2 Å². The molecule has 0 aliphatic carbocycles. The molecule has 0 radical (unpaired) electrons. The van der Waals surface area contributed by atoms with E-state index in [2.05, 4.69) is 69.6 Å². The van der Waals surface area contributed by atoms with Crippen molar-refractivity contribution >= 4 is 5.96 Å². The summed E-state index contributed by atoms with van der Waals surface area (Å²) >= 11 is 0. The van der Waals surface area contributed by atoms with Gasteiger partial charge in [0.25, 0.3) is 0 Å². The van der Waals surface area contributed by atoms with E-state index in [1.54, 1.807) is 0 Å². The molecule has 0 bridgehead atoms. The van der Waals surface area contributed by atoms with Gasteiger partial charge in [-0.3, -0.25) is 4.99 Å². The Kier molecular flexibility index (Phi) is 8.53. The van der Waals surface area contributed by atoms with E-state index in [0.29, 0.717) is 6.04 Å². The molecule has 1 aliphatic heterocycles. The maximum atomic E-state index is 4.78. The van der Waals surface area contributed by atoms with Gasteiger partial charge in [-0.25, -0.2) is 0 Å². The van der Waals surface area contributed by atoms with Crippen molar-refractivity contribution in [3.8, 4) is 0 Å². The lowest BCUT2D eigenvalue weighted by molar-refractivity contribution is 0.588. The zero-order valence-electron chi connectivity index (χ0n) is 18.0. The van der Waals surface area contributed by atoms with E-state index in [9.17, 15) is 0 Å². The molecule has 0 saturated heterocycles. The molecule has 1 aliphatic rings. The predicted molar refractivity (Wildman–Crippen MR) is 119 cm³/mol. The van der Waals surface area contributed by atoms with Crippen LogP contribution in [-0.2, 0) is 25.8 Å². The summed E-state index contributed by atoms with van der Waals surface area (Å²) in [4.78, 5) is 4.78. The van der Waals surface area contributed by atoms with Crippen LogP contribution in [0.1, 0.15) is 63.2 Å². The summed E-state index contributed by atoms with van der Waals surface area (Å²) in [7, 11) is 0. The second-order valence-electron chi connectivity index (χ2n) is 7.93. The first-order chi connectivity index (χ1) is 14.3. The van der Waals surface area contributed by atoms with Crippen LogP contribution < -0.4 is 10.6 Å². The Bertz CT molecular complexity index is 752. The summed E-state index contributed by atoms with van der Waals surface area (Å²) in [6.45, 7) is 7.07. The Morgan fingerprint density at radius 1 is 1.14 bits per heavy atom. The van der Waals surface area contributed by atoms with E-state index in [-0.39, 0.29) is 0 Å². The van der Waals surface area contributed by atoms with Gasteiger partial charge in [-0.05, 0) is 51.5 Å². The van der Waals surface area contributed by atoms with E-state index in [4.69, 9.17) is 4.99 Å². The molecule has 1 atom stereocenters. The minimum Gasteiger partial charge on any atom is -0.357 e. The van der Waals surface area contributed by atoms with Crippen molar-refractivity contribution in [1.29, 1.82) is 0 Å². The van der Waals surface area contributed by atoms with Gasteiger partial charge in [-0.15, -0.1) is 10.2 Å². The Morgan fingerprint density at radius 2 is 2.00 bits per heavy atom. The average Bonchev–Trinajstić information content (AvgIpc) is 2.96. The highest BCUT2D eigenvalue weighted by atomic mass is 15.3. The zero-order chi connectivity index (χ0) is 20.3. The maximum absolute atomic E-state index is 4.78. The number of benzene rings is 1. The number of nitrogens with one attached hydrogen (secondary N) is 2. The van der Waals surface area contributed by atoms with Crippen molar-refractivity contribution in [1.82, 2.24) is 25.4 Å². The summed E-state index contributed by atoms with van der Waals surface area (Å²) in [6, 6.07) is 11.0. The second-order valence-corrected chi connectivity index (χ2v) is 7.93. The number of hydrogen-bond acceptors (Lipinski definition) is 3. The highest BCUT2D eigenvalue weighted by Gasteiger charge is 2.14. The van der Waals surface area contributed by atoms with Gasteiger partial charge in [0, 0.05) is 38.5 Å². The molecule has 0 saturated carbocycles. The highest BCUT2D eigenvalue weighted by Crippen LogP contribution is 2.15. The minimum atomic E-state index is 0.375. The van der Waals surface area contributed by atoms with Crippen LogP contribution in [-0.4, -0.2) is 39.9 Å². The molecular weight excluding hydrogens is 360 g/mol. The topological polar surface area (TPSA) is 67.1 Å². The molecule has 29 heavy (non-hydrogen) atoms. The molecule has 0 spiro atoms. The summed E-state index contributed by atoms with van der Waals surface area (Å²) < 4.78 is 2.34. The molecule has 0 fully saturated rings. The Morgan fingerprint density at radius 3 is 2.83 bits per heavy atom. The van der Waals surface area contributed by atoms with Crippen molar-refractivity contribution < 1.29 is 0 Å². The molecule has 6 nitrogen and oxygen atoms in total. The lowest BCUT2D eigenvalue weighted by atomic mass is 10.1. The van der Waals surface area contributed by atoms with Crippen molar-refractivity contribution in [2.45, 2.75) is 77.8 Å². The molecule has 1 unspecified atom stereocenters. The van der Waals surface area contributed by atoms with Gasteiger partial charge in [-0.1, -0.05) is 36.8 Å². The fourth-order valence-corrected chi connectivity index (χ4v) is 3.81. The lowest BCUT2D eigenvalue weighted by Crippen LogP contribution is -2.42. The predicted octanol–water partition coefficient (Wildman–Crippen LogP) is 3.51. The number of nitrogens with zero attached hydrogens (tertiary/aromatic N) is 4. The number of guanidine groups is 1. The number of hydrogen-bond donors (Lipinski definition) is 2. The standard InChI is InChI=1S/C23H36N6/c1-3-24-23(26-19(2)15-16-20-11-6-4-7-12-20)25-17-10-14-22-28-27-21-13-8-5-9-18-29(21)22/h4,6-7,11-12,19H,3,5,8-10,13-18H2,1-2H3,(H2,24,25,26). The van der Waals surface area contributed by atoms with Crippen LogP contribution in [0.25, 0.3) is 0 Å². The first kappa shape index (κ1) is 21.3. The van der Waals surface area contributed by atoms with E-state index in [1.807, 2.05) is 0 Å². The molecule has 2 aromatic rings. The van der Waals surface area contributed by atoms with E-state index >= 15 is 0 Å². The van der Waals surface area contributed by atoms with Gasteiger partial charge in [0.15, 0.2) is 5.96 Å². The fraction of sp³-hybridized carbons (Fsp3) is 0.609. The number of aliphatic imine (C=N–C) groups is 1. The summed E-state index contributed by atoms with van der Waals surface area (Å²) in [5, 5.41) is 15.7. The van der Waals surface area contributed by atoms with Crippen LogP contribution in [0.2, 0.25) is 0 Å². The van der Waals surface area contributed by atoms with E-state index < -0.39 is 0 Å². The minimum absolute atomic E-state index is 0.375. The van der Waals surface area contributed by atoms with E-state index in [1.165, 1.54) is 30.7 Å². The Balaban J connectivity index is 1.44. The number of rotatable bonds is 9. The number of fused-ring (bicyclic) bond motifs is 1. The Hall–Kier alpha value is -2.37. The van der Waals surface area contributed by atoms with Crippen LogP contribution in [0.4, 0.5) is 0 Å². The molecule has 1 aromatic heterocycles. The molecular formula is C23H36N6. The average molecular weight is 397 g/mol. The van der Waals surface area contributed by atoms with Crippen LogP contribution in [0.3, 0.4) is 0 Å². The SMILES string of the molecule is CCNC(=NCCCc1nnc2n1CCCCC2)NC(C)CCc1ccccc1. The normalized spacial score (nSPS) is 15.4. The maximum Gasteiger partial charge on any atom is 0.191 e. The van der Waals surface area contributed by atoms with Crippen molar-refractivity contribution in [2.24, 2.45) is 4.99 Å². The Labute approximate surface area is 175 Å². The smallest absolute Gasteiger partial charge is 0.191 e. The van der Waals surface area contributed by atoms with Crippen LogP contribution >= 0.6 is 0 Å². The van der Waals surface area contributed by atoms with Gasteiger partial charge in [-0.2, -0.15) is 0 Å². The summed E-state index contributed by atoms with van der Waals surface area (Å²) in [5.74, 6) is 3.21. The second kappa shape index (κ2) is 11.6. The van der Waals surface area contributed by atoms with Crippen LogP contribution in [0.15, 0.2) is 35.3 Å². The largest absolute Gasteiger partial charge is 0.357 e. The zero-order valence-corrected chi connectivity index (χ0v) is 18.0.